The molecule has 4 atom stereocenters. The SMILES string of the molecule is COCCN1C(=O)[C@@H]2C(CCC(=O)O)NC3(C(=O)Nc4ccc(F)cc43)[C@@H]2C1=O. The Balaban J connectivity index is 1.81. The molecule has 10 heteroatoms. The molecule has 1 spiro atoms. The topological polar surface area (TPSA) is 125 Å². The number of amides is 3. The van der Waals surface area contributed by atoms with Gasteiger partial charge in [0.2, 0.25) is 17.7 Å². The number of methoxy groups -OCH3 is 1. The summed E-state index contributed by atoms with van der Waals surface area (Å²) in [6.07, 6.45) is -0.193. The Morgan fingerprint density at radius 2 is 2.07 bits per heavy atom. The first-order valence-electron chi connectivity index (χ1n) is 9.26. The standard InChI is InChI=1S/C19H20FN3O6/c1-29-7-6-23-16(26)14-12(4-5-13(24)25)22-19(15(14)17(23)27)10-8-9(20)2-3-11(10)21-18(19)28/h2-3,8,12,14-15,22H,4-7H2,1H3,(H,21,28)(H,24,25)/t12?,14-,15+,19?/m1/s1. The molecule has 2 saturated heterocycles. The van der Waals surface area contributed by atoms with E-state index in [4.69, 9.17) is 9.84 Å². The molecule has 0 aromatic heterocycles. The Morgan fingerprint density at radius 1 is 1.31 bits per heavy atom. The maximum Gasteiger partial charge on any atom is 0.303 e. The molecule has 3 aliphatic heterocycles. The Kier molecular flexibility index (Phi) is 4.62. The Morgan fingerprint density at radius 3 is 2.76 bits per heavy atom. The van der Waals surface area contributed by atoms with Crippen LogP contribution >= 0.6 is 0 Å². The summed E-state index contributed by atoms with van der Waals surface area (Å²) in [5, 5.41) is 14.8. The number of fused-ring (bicyclic) bond motifs is 4. The molecule has 0 aliphatic carbocycles. The maximum atomic E-state index is 14.0. The number of likely N-dealkylation sites (tertiary alicyclic amines) is 1. The highest BCUT2D eigenvalue weighted by atomic mass is 19.1. The van der Waals surface area contributed by atoms with E-state index < -0.39 is 52.9 Å². The number of imide groups is 1. The zero-order valence-corrected chi connectivity index (χ0v) is 15.6. The number of nitrogens with zero attached hydrogens (tertiary/aromatic N) is 1. The Bertz CT molecular complexity index is 921. The van der Waals surface area contributed by atoms with Gasteiger partial charge < -0.3 is 15.2 Å². The molecule has 154 valence electrons. The van der Waals surface area contributed by atoms with Gasteiger partial charge in [-0.3, -0.25) is 29.4 Å². The molecule has 3 N–H and O–H groups in total. The number of hydrogen-bond acceptors (Lipinski definition) is 6. The van der Waals surface area contributed by atoms with Crippen molar-refractivity contribution < 1.29 is 33.4 Å². The zero-order valence-electron chi connectivity index (χ0n) is 15.6. The third-order valence-electron chi connectivity index (χ3n) is 5.96. The van der Waals surface area contributed by atoms with Gasteiger partial charge in [0, 0.05) is 30.8 Å². The van der Waals surface area contributed by atoms with Crippen LogP contribution in [0.4, 0.5) is 10.1 Å². The van der Waals surface area contributed by atoms with Crippen molar-refractivity contribution >= 4 is 29.4 Å². The zero-order chi connectivity index (χ0) is 20.9. The maximum absolute atomic E-state index is 14.0. The van der Waals surface area contributed by atoms with Crippen LogP contribution in [-0.2, 0) is 29.5 Å². The molecule has 3 aliphatic rings. The minimum absolute atomic E-state index is 0.0283. The van der Waals surface area contributed by atoms with Gasteiger partial charge in [-0.1, -0.05) is 0 Å². The molecule has 1 aromatic rings. The van der Waals surface area contributed by atoms with Crippen LogP contribution in [0.15, 0.2) is 18.2 Å². The van der Waals surface area contributed by atoms with E-state index in [-0.39, 0.29) is 31.6 Å². The molecule has 9 nitrogen and oxygen atoms in total. The van der Waals surface area contributed by atoms with Crippen molar-refractivity contribution in [2.45, 2.75) is 24.4 Å². The van der Waals surface area contributed by atoms with Crippen molar-refractivity contribution in [2.24, 2.45) is 11.8 Å². The summed E-state index contributed by atoms with van der Waals surface area (Å²) in [4.78, 5) is 51.4. The molecular formula is C19H20FN3O6. The number of benzene rings is 1. The number of hydrogen-bond donors (Lipinski definition) is 3. The average molecular weight is 405 g/mol. The lowest BCUT2D eigenvalue weighted by Gasteiger charge is -2.29. The highest BCUT2D eigenvalue weighted by molar-refractivity contribution is 6.15. The fourth-order valence-electron chi connectivity index (χ4n) is 4.76. The number of rotatable bonds is 6. The van der Waals surface area contributed by atoms with Crippen LogP contribution in [0.5, 0.6) is 0 Å². The summed E-state index contributed by atoms with van der Waals surface area (Å²) >= 11 is 0. The van der Waals surface area contributed by atoms with Crippen LogP contribution in [-0.4, -0.2) is 60.0 Å². The fourth-order valence-corrected chi connectivity index (χ4v) is 4.76. The summed E-state index contributed by atoms with van der Waals surface area (Å²) < 4.78 is 19.0. The van der Waals surface area contributed by atoms with E-state index in [0.29, 0.717) is 5.69 Å². The van der Waals surface area contributed by atoms with E-state index in [9.17, 15) is 23.6 Å². The monoisotopic (exact) mass is 405 g/mol. The third-order valence-corrected chi connectivity index (χ3v) is 5.96. The number of ether oxygens (including phenoxy) is 1. The van der Waals surface area contributed by atoms with Crippen LogP contribution < -0.4 is 10.6 Å². The van der Waals surface area contributed by atoms with Crippen LogP contribution in [0.25, 0.3) is 0 Å². The van der Waals surface area contributed by atoms with Crippen molar-refractivity contribution in [3.8, 4) is 0 Å². The van der Waals surface area contributed by atoms with E-state index in [1.807, 2.05) is 0 Å². The Hall–Kier alpha value is -2.85. The molecule has 4 rings (SSSR count). The van der Waals surface area contributed by atoms with Crippen molar-refractivity contribution in [1.82, 2.24) is 10.2 Å². The number of halogens is 1. The van der Waals surface area contributed by atoms with Gasteiger partial charge >= 0.3 is 5.97 Å². The van der Waals surface area contributed by atoms with Crippen LogP contribution in [0, 0.1) is 17.7 Å². The van der Waals surface area contributed by atoms with E-state index in [2.05, 4.69) is 10.6 Å². The second kappa shape index (κ2) is 6.89. The molecule has 0 bridgehead atoms. The highest BCUT2D eigenvalue weighted by Crippen LogP contribution is 2.53. The minimum atomic E-state index is -1.63. The molecule has 3 amide bonds. The minimum Gasteiger partial charge on any atom is -0.481 e. The smallest absolute Gasteiger partial charge is 0.303 e. The van der Waals surface area contributed by atoms with Crippen molar-refractivity contribution in [2.75, 3.05) is 25.6 Å². The van der Waals surface area contributed by atoms with Gasteiger partial charge in [-0.05, 0) is 24.6 Å². The van der Waals surface area contributed by atoms with Crippen LogP contribution in [0.2, 0.25) is 0 Å². The van der Waals surface area contributed by atoms with Crippen molar-refractivity contribution in [3.05, 3.63) is 29.6 Å². The summed E-state index contributed by atoms with van der Waals surface area (Å²) in [6, 6.07) is 3.05. The van der Waals surface area contributed by atoms with Crippen LogP contribution in [0.3, 0.4) is 0 Å². The molecule has 0 saturated carbocycles. The first kappa shape index (κ1) is 19.5. The molecule has 2 unspecified atom stereocenters. The number of carboxylic acids is 1. The largest absolute Gasteiger partial charge is 0.481 e. The number of nitrogens with one attached hydrogen (secondary N) is 2. The van der Waals surface area contributed by atoms with Gasteiger partial charge in [0.1, 0.15) is 11.4 Å². The van der Waals surface area contributed by atoms with Crippen molar-refractivity contribution in [1.29, 1.82) is 0 Å². The number of carboxylic acid groups (broad SMARTS) is 1. The second-order valence-electron chi connectivity index (χ2n) is 7.46. The molecule has 0 radical (unpaired) electrons. The van der Waals surface area contributed by atoms with Gasteiger partial charge in [-0.2, -0.15) is 0 Å². The quantitative estimate of drug-likeness (QED) is 0.572. The van der Waals surface area contributed by atoms with E-state index in [0.717, 1.165) is 4.90 Å². The summed E-state index contributed by atoms with van der Waals surface area (Å²) in [5.41, 5.74) is -1.01. The lowest BCUT2D eigenvalue weighted by molar-refractivity contribution is -0.144. The van der Waals surface area contributed by atoms with Crippen molar-refractivity contribution in [3.63, 3.8) is 0 Å². The summed E-state index contributed by atoms with van der Waals surface area (Å²) in [5.74, 6) is -5.23. The van der Waals surface area contributed by atoms with Gasteiger partial charge in [0.15, 0.2) is 0 Å². The lowest BCUT2D eigenvalue weighted by Crippen LogP contribution is -2.53. The van der Waals surface area contributed by atoms with E-state index in [1.54, 1.807) is 0 Å². The van der Waals surface area contributed by atoms with E-state index >= 15 is 0 Å². The summed E-state index contributed by atoms with van der Waals surface area (Å²) in [6.45, 7) is 0.162. The number of carbonyl (C=O) groups is 4. The fraction of sp³-hybridized carbons (Fsp3) is 0.474. The van der Waals surface area contributed by atoms with Gasteiger partial charge in [-0.15, -0.1) is 0 Å². The number of anilines is 1. The van der Waals surface area contributed by atoms with E-state index in [1.165, 1.54) is 25.3 Å². The first-order chi connectivity index (χ1) is 13.8. The molecule has 29 heavy (non-hydrogen) atoms. The first-order valence-corrected chi connectivity index (χ1v) is 9.26. The predicted octanol–water partition coefficient (Wildman–Crippen LogP) is 0.0573. The molecule has 1 aromatic carbocycles. The number of carbonyl (C=O) groups excluding carboxylic acids is 3. The third kappa shape index (κ3) is 2.74. The highest BCUT2D eigenvalue weighted by Gasteiger charge is 2.70. The predicted molar refractivity (Wildman–Crippen MR) is 96.1 cm³/mol. The van der Waals surface area contributed by atoms with Crippen LogP contribution in [0.1, 0.15) is 18.4 Å². The van der Waals surface area contributed by atoms with Gasteiger partial charge in [-0.25, -0.2) is 4.39 Å². The molecule has 2 fully saturated rings. The Labute approximate surface area is 165 Å². The average Bonchev–Trinajstić information content (AvgIpc) is 3.24. The normalized spacial score (nSPS) is 30.1. The van der Waals surface area contributed by atoms with Gasteiger partial charge in [0.05, 0.1) is 25.0 Å². The second-order valence-corrected chi connectivity index (χ2v) is 7.46. The number of aliphatic carboxylic acids is 1. The summed E-state index contributed by atoms with van der Waals surface area (Å²) in [7, 11) is 1.44. The molecule has 3 heterocycles. The van der Waals surface area contributed by atoms with Gasteiger partial charge in [0.25, 0.3) is 0 Å². The lowest BCUT2D eigenvalue weighted by atomic mass is 9.76. The molecular weight excluding hydrogens is 385 g/mol.